The van der Waals surface area contributed by atoms with Crippen molar-refractivity contribution in [2.75, 3.05) is 35.5 Å². The number of methoxy groups -OCH3 is 5. The van der Waals surface area contributed by atoms with Crippen LogP contribution in [0.1, 0.15) is 33.6 Å². The Bertz CT molecular complexity index is 1630. The summed E-state index contributed by atoms with van der Waals surface area (Å²) < 4.78 is 35.1. The number of carbonyl (C=O) groups excluding carboxylic acids is 9. The van der Waals surface area contributed by atoms with Gasteiger partial charge in [-0.3, -0.25) is 33.6 Å². The molecule has 4 fully saturated rings. The lowest BCUT2D eigenvalue weighted by Gasteiger charge is -2.23. The van der Waals surface area contributed by atoms with Gasteiger partial charge in [0.2, 0.25) is 0 Å². The Balaban J connectivity index is 0.000000247. The van der Waals surface area contributed by atoms with Gasteiger partial charge in [0.25, 0.3) is 0 Å². The molecule has 0 amide bonds. The molecule has 2 saturated carbocycles. The number of hydrogen-bond acceptors (Lipinski definition) is 16. The number of Topliss-reactive ketones (excluding diaryl/α,β-unsaturated/α-hetero) is 2. The van der Waals surface area contributed by atoms with E-state index in [1.165, 1.54) is 49.4 Å². The van der Waals surface area contributed by atoms with Crippen molar-refractivity contribution in [3.63, 3.8) is 0 Å². The predicted octanol–water partition coefficient (Wildman–Crippen LogP) is 3.24. The van der Waals surface area contributed by atoms with Crippen molar-refractivity contribution in [2.45, 2.75) is 58.0 Å². The highest BCUT2D eigenvalue weighted by molar-refractivity contribution is 5.89. The number of rotatable bonds is 11. The van der Waals surface area contributed by atoms with Crippen LogP contribution in [0.15, 0.2) is 61.8 Å². The van der Waals surface area contributed by atoms with Crippen molar-refractivity contribution in [1.29, 1.82) is 0 Å². The zero-order valence-electron chi connectivity index (χ0n) is 35.2. The molecule has 6 rings (SSSR count). The number of allylic oxidation sites excluding steroid dienone is 4. The molecule has 3 aliphatic carbocycles. The molecule has 16 heteroatoms. The number of ketones is 2. The highest BCUT2D eigenvalue weighted by Crippen LogP contribution is 2.49. The topological polar surface area (TPSA) is 218 Å². The van der Waals surface area contributed by atoms with Crippen LogP contribution in [0.2, 0.25) is 0 Å². The average molecular weight is 841 g/mol. The normalized spacial score (nSPS) is 35.9. The number of hydrogen-bond donors (Lipinski definition) is 0. The summed E-state index contributed by atoms with van der Waals surface area (Å²) >= 11 is 0. The summed E-state index contributed by atoms with van der Waals surface area (Å²) in [7, 11) is 6.70. The third-order valence-electron chi connectivity index (χ3n) is 12.4. The van der Waals surface area contributed by atoms with Crippen LogP contribution < -0.4 is 0 Å². The number of carbonyl (C=O) groups is 7. The molecule has 0 aromatic heterocycles. The van der Waals surface area contributed by atoms with Crippen LogP contribution in [0.5, 0.6) is 0 Å². The summed E-state index contributed by atoms with van der Waals surface area (Å²) in [6.07, 6.45) is 15.0. The van der Waals surface area contributed by atoms with Gasteiger partial charge in [0.05, 0.1) is 89.6 Å². The monoisotopic (exact) mass is 840 g/mol. The quantitative estimate of drug-likeness (QED) is 0.166. The fourth-order valence-corrected chi connectivity index (χ4v) is 9.59. The lowest BCUT2D eigenvalue weighted by molar-refractivity contribution is -0.192. The fraction of sp³-hybridized carbons (Fsp3) is 0.591. The second-order valence-electron chi connectivity index (χ2n) is 15.3. The lowest BCUT2D eigenvalue weighted by Crippen LogP contribution is -2.37. The molecule has 328 valence electrons. The smallest absolute Gasteiger partial charge is 0.373 e. The number of fused-ring (bicyclic) bond motifs is 4. The Morgan fingerprint density at radius 2 is 0.933 bits per heavy atom. The first-order chi connectivity index (χ1) is 28.5. The highest BCUT2D eigenvalue weighted by atomic mass is 16.6. The summed E-state index contributed by atoms with van der Waals surface area (Å²) in [6.45, 7) is 12.6. The van der Waals surface area contributed by atoms with E-state index in [-0.39, 0.29) is 95.2 Å². The van der Waals surface area contributed by atoms with E-state index in [0.717, 1.165) is 12.8 Å². The van der Waals surface area contributed by atoms with Crippen molar-refractivity contribution in [2.24, 2.45) is 71.0 Å². The minimum atomic E-state index is -0.572. The number of ether oxygens (including phenoxy) is 7. The van der Waals surface area contributed by atoms with E-state index >= 15 is 0 Å². The molecular formula is C44H56O16. The minimum absolute atomic E-state index is 0.0229. The van der Waals surface area contributed by atoms with Crippen molar-refractivity contribution in [3.8, 4) is 0 Å². The van der Waals surface area contributed by atoms with Crippen molar-refractivity contribution < 1.29 is 76.3 Å². The maximum Gasteiger partial charge on any atom is 0.373 e. The zero-order chi connectivity index (χ0) is 45.0. The Morgan fingerprint density at radius 3 is 1.32 bits per heavy atom. The van der Waals surface area contributed by atoms with E-state index in [9.17, 15) is 33.6 Å². The van der Waals surface area contributed by atoms with Gasteiger partial charge in [0, 0.05) is 0 Å². The molecule has 0 radical (unpaired) electrons. The first-order valence-corrected chi connectivity index (χ1v) is 19.6. The molecule has 60 heavy (non-hydrogen) atoms. The van der Waals surface area contributed by atoms with E-state index in [1.54, 1.807) is 18.2 Å². The molecule has 16 nitrogen and oxygen atoms in total. The molecule has 6 aliphatic rings. The Hall–Kier alpha value is -5.31. The van der Waals surface area contributed by atoms with Crippen molar-refractivity contribution >= 4 is 47.6 Å². The van der Waals surface area contributed by atoms with Crippen LogP contribution in [0, 0.1) is 71.0 Å². The van der Waals surface area contributed by atoms with Gasteiger partial charge in [-0.1, -0.05) is 55.5 Å². The largest absolute Gasteiger partial charge is 0.469 e. The molecule has 3 aliphatic heterocycles. The minimum Gasteiger partial charge on any atom is -0.469 e. The van der Waals surface area contributed by atoms with Gasteiger partial charge in [-0.05, 0) is 56.3 Å². The van der Waals surface area contributed by atoms with Crippen LogP contribution in [0.3, 0.4) is 0 Å². The standard InChI is InChI=1S/C22H30O5.C11H14O4.C10H12O5.CO2/c1-7-15-11-16(19(12(15)3)22(25)26-6)9-10-18-21(14(5)24)20(13(4)23)17(8-2)27-18;1-14-10(12)8-6-3-4-7(5-6)9(8)11(13)15-2;1-13-9(11)7-5-3-4-6(15-5)8(7)10(12)14-2;2-1-3/h7-10,12,15-21H,1-2,11H2,3-6H3;3-4,6-9H,5H2,1-2H3;3-8H,1-2H3;/b10-9-;;;. The first kappa shape index (κ1) is 49.1. The highest BCUT2D eigenvalue weighted by Gasteiger charge is 2.55. The number of esters is 5. The molecule has 4 bridgehead atoms. The predicted molar refractivity (Wildman–Crippen MR) is 208 cm³/mol. The molecule has 2 saturated heterocycles. The third-order valence-corrected chi connectivity index (χ3v) is 12.4. The SMILES string of the molecule is C=CC1CC(/C=C\C2OC(C=C)C(C(C)=O)C2C(C)=O)C(C(=O)OC)C1C.COC(=O)C1C2C=CC(C2)C1C(=O)OC.COC(=O)C1C2C=CC(O2)C1C(=O)OC.O=C=O. The molecule has 3 heterocycles. The van der Waals surface area contributed by atoms with E-state index in [1.807, 2.05) is 37.3 Å². The Kier molecular flexibility index (Phi) is 18.3. The van der Waals surface area contributed by atoms with E-state index < -0.39 is 47.8 Å². The average Bonchev–Trinajstić information content (AvgIpc) is 4.12. The van der Waals surface area contributed by atoms with Gasteiger partial charge in [0.15, 0.2) is 0 Å². The Morgan fingerprint density at radius 1 is 0.533 bits per heavy atom. The van der Waals surface area contributed by atoms with Crippen LogP contribution in [-0.2, 0) is 76.3 Å². The molecule has 16 atom stereocenters. The molecule has 0 spiro atoms. The van der Waals surface area contributed by atoms with Gasteiger partial charge in [0.1, 0.15) is 23.4 Å². The second kappa shape index (κ2) is 22.3. The summed E-state index contributed by atoms with van der Waals surface area (Å²) in [5.74, 6) is -4.39. The van der Waals surface area contributed by atoms with E-state index in [4.69, 9.17) is 33.3 Å². The van der Waals surface area contributed by atoms with Crippen LogP contribution >= 0.6 is 0 Å². The van der Waals surface area contributed by atoms with Crippen molar-refractivity contribution in [3.05, 3.63) is 61.8 Å². The Labute approximate surface area is 349 Å². The molecule has 16 unspecified atom stereocenters. The molecule has 0 N–H and O–H groups in total. The van der Waals surface area contributed by atoms with E-state index in [0.29, 0.717) is 0 Å². The summed E-state index contributed by atoms with van der Waals surface area (Å²) in [4.78, 5) is 98.9. The molecule has 0 aromatic rings. The fourth-order valence-electron chi connectivity index (χ4n) is 9.59. The second-order valence-corrected chi connectivity index (χ2v) is 15.3. The molecular weight excluding hydrogens is 784 g/mol. The van der Waals surface area contributed by atoms with Gasteiger partial charge in [-0.15, -0.1) is 13.2 Å². The third kappa shape index (κ3) is 10.5. The first-order valence-electron chi connectivity index (χ1n) is 19.6. The zero-order valence-corrected chi connectivity index (χ0v) is 35.2. The van der Waals surface area contributed by atoms with Crippen LogP contribution in [-0.4, -0.2) is 108 Å². The van der Waals surface area contributed by atoms with Crippen LogP contribution in [0.4, 0.5) is 0 Å². The van der Waals surface area contributed by atoms with Gasteiger partial charge in [-0.2, -0.15) is 9.59 Å². The van der Waals surface area contributed by atoms with Crippen molar-refractivity contribution in [1.82, 2.24) is 0 Å². The maximum atomic E-state index is 12.3. The van der Waals surface area contributed by atoms with Gasteiger partial charge in [-0.25, -0.2) is 0 Å². The van der Waals surface area contributed by atoms with Crippen LogP contribution in [0.25, 0.3) is 0 Å². The van der Waals surface area contributed by atoms with Gasteiger partial charge >= 0.3 is 36.0 Å². The summed E-state index contributed by atoms with van der Waals surface area (Å²) in [5, 5.41) is 0. The summed E-state index contributed by atoms with van der Waals surface area (Å²) in [6, 6.07) is 0. The maximum absolute atomic E-state index is 12.3. The molecule has 0 aromatic carbocycles. The summed E-state index contributed by atoms with van der Waals surface area (Å²) in [5.41, 5.74) is 0. The van der Waals surface area contributed by atoms with Gasteiger partial charge < -0.3 is 33.2 Å². The lowest BCUT2D eigenvalue weighted by atomic mass is 9.81. The van der Waals surface area contributed by atoms with E-state index in [2.05, 4.69) is 22.6 Å².